The minimum absolute atomic E-state index is 0.291. The molecule has 0 saturated carbocycles. The Morgan fingerprint density at radius 3 is 2.23 bits per heavy atom. The molecule has 0 saturated heterocycles. The zero-order chi connectivity index (χ0) is 10.1. The Balaban J connectivity index is 0.000000424. The van der Waals surface area contributed by atoms with Crippen molar-refractivity contribution < 1.29 is 10.3 Å². The van der Waals surface area contributed by atoms with Gasteiger partial charge in [-0.3, -0.25) is 0 Å². The first-order valence-corrected chi connectivity index (χ1v) is 3.96. The molecule has 1 rings (SSSR count). The lowest BCUT2D eigenvalue weighted by molar-refractivity contribution is 0.173. The molecule has 0 fully saturated rings. The lowest BCUT2D eigenvalue weighted by atomic mass is 10.1. The smallest absolute Gasteiger partial charge is 0.152 e. The van der Waals surface area contributed by atoms with Crippen LogP contribution >= 0.6 is 0 Å². The van der Waals surface area contributed by atoms with Gasteiger partial charge in [0.25, 0.3) is 0 Å². The third kappa shape index (κ3) is 4.92. The molecule has 0 amide bonds. The molecule has 13 heavy (non-hydrogen) atoms. The summed E-state index contributed by atoms with van der Waals surface area (Å²) in [4.78, 5) is 8.11. The van der Waals surface area contributed by atoms with Gasteiger partial charge in [-0.05, 0) is 12.0 Å². The van der Waals surface area contributed by atoms with Gasteiger partial charge in [0.1, 0.15) is 0 Å². The van der Waals surface area contributed by atoms with Crippen LogP contribution in [0, 0.1) is 4.91 Å². The highest BCUT2D eigenvalue weighted by atomic mass is 16.6. The standard InChI is InChI=1S/C9H12O.HNO2/c1-2-9(10)8-6-4-3-5-7-8;2-1-3/h3-7,9-10H,2H2,1H3;(H,2,3). The van der Waals surface area contributed by atoms with Gasteiger partial charge in [0.15, 0.2) is 5.34 Å². The van der Waals surface area contributed by atoms with E-state index in [4.69, 9.17) is 10.1 Å². The highest BCUT2D eigenvalue weighted by molar-refractivity contribution is 5.16. The number of hydrogen-bond acceptors (Lipinski definition) is 3. The topological polar surface area (TPSA) is 69.9 Å². The fourth-order valence-electron chi connectivity index (χ4n) is 0.911. The fourth-order valence-corrected chi connectivity index (χ4v) is 0.911. The van der Waals surface area contributed by atoms with Crippen molar-refractivity contribution in [1.29, 1.82) is 0 Å². The van der Waals surface area contributed by atoms with Crippen molar-refractivity contribution in [2.75, 3.05) is 0 Å². The van der Waals surface area contributed by atoms with E-state index in [9.17, 15) is 5.11 Å². The van der Waals surface area contributed by atoms with Gasteiger partial charge in [-0.15, -0.1) is 4.91 Å². The van der Waals surface area contributed by atoms with E-state index in [1.165, 1.54) is 5.34 Å². The van der Waals surface area contributed by atoms with Crippen LogP contribution in [0.1, 0.15) is 25.0 Å². The molecular formula is C9H13NO3. The molecule has 72 valence electrons. The van der Waals surface area contributed by atoms with Crippen molar-refractivity contribution in [2.24, 2.45) is 5.34 Å². The van der Waals surface area contributed by atoms with E-state index >= 15 is 0 Å². The molecule has 0 spiro atoms. The first kappa shape index (κ1) is 11.6. The molecule has 0 heterocycles. The molecule has 2 N–H and O–H groups in total. The van der Waals surface area contributed by atoms with Crippen molar-refractivity contribution in [2.45, 2.75) is 19.4 Å². The second-order valence-corrected chi connectivity index (χ2v) is 2.42. The van der Waals surface area contributed by atoms with Gasteiger partial charge in [0.2, 0.25) is 0 Å². The zero-order valence-electron chi connectivity index (χ0n) is 7.42. The monoisotopic (exact) mass is 183 g/mol. The lowest BCUT2D eigenvalue weighted by Gasteiger charge is -2.05. The highest BCUT2D eigenvalue weighted by Crippen LogP contribution is 2.14. The summed E-state index contributed by atoms with van der Waals surface area (Å²) in [6.07, 6.45) is 0.491. The summed E-state index contributed by atoms with van der Waals surface area (Å²) in [5, 5.41) is 17.2. The van der Waals surface area contributed by atoms with Crippen LogP contribution in [0.25, 0.3) is 0 Å². The molecule has 1 aromatic rings. The molecule has 1 atom stereocenters. The summed E-state index contributed by atoms with van der Waals surface area (Å²) in [6, 6.07) is 9.70. The van der Waals surface area contributed by atoms with E-state index in [-0.39, 0.29) is 6.10 Å². The summed E-state index contributed by atoms with van der Waals surface area (Å²) in [7, 11) is 0. The number of aliphatic hydroxyl groups is 1. The van der Waals surface area contributed by atoms with Crippen molar-refractivity contribution in [3.05, 3.63) is 40.8 Å². The van der Waals surface area contributed by atoms with Crippen LogP contribution in [0.15, 0.2) is 35.7 Å². The van der Waals surface area contributed by atoms with Crippen molar-refractivity contribution in [3.8, 4) is 0 Å². The lowest BCUT2D eigenvalue weighted by Crippen LogP contribution is -1.93. The first-order valence-electron chi connectivity index (χ1n) is 3.96. The van der Waals surface area contributed by atoms with Crippen molar-refractivity contribution in [3.63, 3.8) is 0 Å². The van der Waals surface area contributed by atoms with E-state index < -0.39 is 0 Å². The molecule has 0 radical (unpaired) electrons. The molecule has 1 aromatic carbocycles. The minimum Gasteiger partial charge on any atom is -0.388 e. The Morgan fingerprint density at radius 2 is 1.85 bits per heavy atom. The van der Waals surface area contributed by atoms with Crippen LogP contribution in [0.5, 0.6) is 0 Å². The Labute approximate surface area is 76.8 Å². The Hall–Kier alpha value is -1.42. The highest BCUT2D eigenvalue weighted by Gasteiger charge is 2.00. The zero-order valence-corrected chi connectivity index (χ0v) is 7.42. The van der Waals surface area contributed by atoms with Gasteiger partial charge in [-0.1, -0.05) is 37.3 Å². The largest absolute Gasteiger partial charge is 0.388 e. The predicted octanol–water partition coefficient (Wildman–Crippen LogP) is 2.27. The van der Waals surface area contributed by atoms with Crippen molar-refractivity contribution in [1.82, 2.24) is 0 Å². The van der Waals surface area contributed by atoms with Gasteiger partial charge in [0, 0.05) is 0 Å². The maximum Gasteiger partial charge on any atom is 0.152 e. The molecule has 4 heteroatoms. The summed E-state index contributed by atoms with van der Waals surface area (Å²) in [6.45, 7) is 1.97. The summed E-state index contributed by atoms with van der Waals surface area (Å²) in [5.74, 6) is 0. The van der Waals surface area contributed by atoms with Gasteiger partial charge in [-0.25, -0.2) is 0 Å². The Morgan fingerprint density at radius 1 is 1.38 bits per heavy atom. The number of rotatable bonds is 2. The van der Waals surface area contributed by atoms with E-state index in [0.29, 0.717) is 0 Å². The quantitative estimate of drug-likeness (QED) is 0.545. The first-order chi connectivity index (χ1) is 6.26. The predicted molar refractivity (Wildman–Crippen MR) is 49.3 cm³/mol. The van der Waals surface area contributed by atoms with Gasteiger partial charge >= 0.3 is 0 Å². The molecule has 0 aliphatic rings. The molecule has 0 bridgehead atoms. The van der Waals surface area contributed by atoms with Gasteiger partial charge in [-0.2, -0.15) is 0 Å². The number of benzene rings is 1. The Bertz CT molecular complexity index is 226. The van der Waals surface area contributed by atoms with Crippen LogP contribution in [0.4, 0.5) is 0 Å². The average Bonchev–Trinajstić information content (AvgIpc) is 2.19. The van der Waals surface area contributed by atoms with E-state index in [2.05, 4.69) is 0 Å². The van der Waals surface area contributed by atoms with Crippen LogP contribution in [0.2, 0.25) is 0 Å². The van der Waals surface area contributed by atoms with Crippen LogP contribution in [-0.2, 0) is 0 Å². The van der Waals surface area contributed by atoms with Crippen molar-refractivity contribution >= 4 is 0 Å². The maximum atomic E-state index is 9.33. The average molecular weight is 183 g/mol. The summed E-state index contributed by atoms with van der Waals surface area (Å²) < 4.78 is 0. The maximum absolute atomic E-state index is 9.33. The van der Waals surface area contributed by atoms with Crippen LogP contribution < -0.4 is 0 Å². The molecular weight excluding hydrogens is 170 g/mol. The van der Waals surface area contributed by atoms with Gasteiger partial charge in [0.05, 0.1) is 6.10 Å². The summed E-state index contributed by atoms with van der Waals surface area (Å²) >= 11 is 0. The second-order valence-electron chi connectivity index (χ2n) is 2.42. The number of aliphatic hydroxyl groups excluding tert-OH is 1. The minimum atomic E-state index is -0.291. The molecule has 0 aliphatic carbocycles. The van der Waals surface area contributed by atoms with E-state index in [0.717, 1.165) is 12.0 Å². The third-order valence-corrected chi connectivity index (χ3v) is 1.57. The van der Waals surface area contributed by atoms with E-state index in [1.807, 2.05) is 37.3 Å². The third-order valence-electron chi connectivity index (χ3n) is 1.57. The Kier molecular flexibility index (Phi) is 6.45. The van der Waals surface area contributed by atoms with Crippen LogP contribution in [0.3, 0.4) is 0 Å². The summed E-state index contributed by atoms with van der Waals surface area (Å²) in [5.41, 5.74) is 1.00. The van der Waals surface area contributed by atoms with Gasteiger partial charge < -0.3 is 10.3 Å². The molecule has 0 aromatic heterocycles. The molecule has 4 nitrogen and oxygen atoms in total. The fraction of sp³-hybridized carbons (Fsp3) is 0.333. The van der Waals surface area contributed by atoms with Crippen LogP contribution in [-0.4, -0.2) is 10.3 Å². The normalized spacial score (nSPS) is 10.9. The SMILES string of the molecule is CCC(O)c1ccccc1.O=NO. The number of nitrogens with zero attached hydrogens (tertiary/aromatic N) is 1. The van der Waals surface area contributed by atoms with E-state index in [1.54, 1.807) is 0 Å². The second kappa shape index (κ2) is 7.24. The molecule has 0 aliphatic heterocycles. The molecule has 1 unspecified atom stereocenters. The number of hydrogen-bond donors (Lipinski definition) is 2.